The lowest BCUT2D eigenvalue weighted by atomic mass is 10.0. The highest BCUT2D eigenvalue weighted by atomic mass is 14.6. The van der Waals surface area contributed by atoms with Gasteiger partial charge in [0.05, 0.1) is 5.52 Å². The van der Waals surface area contributed by atoms with Crippen LogP contribution in [-0.4, -0.2) is 11.0 Å². The molecule has 1 aromatic heterocycles. The minimum absolute atomic E-state index is 0.197. The first-order valence-electron chi connectivity index (χ1n) is 6.92. The average molecular weight is 262 g/mol. The van der Waals surface area contributed by atoms with Gasteiger partial charge in [-0.25, -0.2) is 0 Å². The van der Waals surface area contributed by atoms with Crippen LogP contribution >= 0.6 is 0 Å². The number of hydrogen-bond acceptors (Lipinski definition) is 2. The van der Waals surface area contributed by atoms with Crippen molar-refractivity contribution in [3.05, 3.63) is 66.4 Å². The fourth-order valence-electron chi connectivity index (χ4n) is 2.43. The Morgan fingerprint density at radius 3 is 2.50 bits per heavy atom. The highest BCUT2D eigenvalue weighted by molar-refractivity contribution is 5.83. The molecule has 1 atom stereocenters. The van der Waals surface area contributed by atoms with Crippen molar-refractivity contribution in [2.24, 2.45) is 5.73 Å². The Morgan fingerprint density at radius 2 is 1.75 bits per heavy atom. The van der Waals surface area contributed by atoms with E-state index in [4.69, 9.17) is 5.73 Å². The van der Waals surface area contributed by atoms with Crippen LogP contribution in [0.15, 0.2) is 60.8 Å². The Labute approximate surface area is 119 Å². The number of aromatic nitrogens is 1. The van der Waals surface area contributed by atoms with Crippen molar-refractivity contribution >= 4 is 10.9 Å². The summed E-state index contributed by atoms with van der Waals surface area (Å²) in [6.45, 7) is 2.03. The second-order valence-corrected chi connectivity index (χ2v) is 5.30. The summed E-state index contributed by atoms with van der Waals surface area (Å²) in [5, 5.41) is 1.17. The van der Waals surface area contributed by atoms with Crippen LogP contribution in [0.2, 0.25) is 0 Å². The van der Waals surface area contributed by atoms with Crippen LogP contribution in [0.5, 0.6) is 0 Å². The second kappa shape index (κ2) is 5.43. The van der Waals surface area contributed by atoms with Crippen LogP contribution < -0.4 is 5.73 Å². The summed E-state index contributed by atoms with van der Waals surface area (Å²) in [4.78, 5) is 4.51. The Kier molecular flexibility index (Phi) is 3.48. The number of para-hydroxylation sites is 1. The summed E-state index contributed by atoms with van der Waals surface area (Å²) in [6.07, 6.45) is 2.85. The number of hydrogen-bond donors (Lipinski definition) is 1. The summed E-state index contributed by atoms with van der Waals surface area (Å²) in [5.74, 6) is 0. The number of nitrogens with zero attached hydrogens (tertiary/aromatic N) is 1. The molecule has 3 rings (SSSR count). The normalized spacial score (nSPS) is 12.5. The maximum absolute atomic E-state index is 5.83. The molecule has 0 aliphatic heterocycles. The summed E-state index contributed by atoms with van der Waals surface area (Å²) in [7, 11) is 0. The lowest BCUT2D eigenvalue weighted by Gasteiger charge is -2.07. The van der Waals surface area contributed by atoms with Gasteiger partial charge in [0.2, 0.25) is 0 Å². The van der Waals surface area contributed by atoms with Crippen LogP contribution in [0.25, 0.3) is 22.0 Å². The van der Waals surface area contributed by atoms with E-state index in [1.54, 1.807) is 0 Å². The lowest BCUT2D eigenvalue weighted by molar-refractivity contribution is 0.738. The topological polar surface area (TPSA) is 38.9 Å². The van der Waals surface area contributed by atoms with Gasteiger partial charge in [0.25, 0.3) is 0 Å². The molecule has 0 saturated heterocycles. The first-order valence-corrected chi connectivity index (χ1v) is 6.92. The van der Waals surface area contributed by atoms with Crippen LogP contribution in [0, 0.1) is 0 Å². The molecule has 0 spiro atoms. The molecule has 2 nitrogen and oxygen atoms in total. The zero-order valence-electron chi connectivity index (χ0n) is 11.6. The maximum Gasteiger partial charge on any atom is 0.0702 e. The third-order valence-corrected chi connectivity index (χ3v) is 3.44. The highest BCUT2D eigenvalue weighted by Gasteiger charge is 2.02. The van der Waals surface area contributed by atoms with E-state index in [-0.39, 0.29) is 6.04 Å². The van der Waals surface area contributed by atoms with Crippen molar-refractivity contribution in [1.82, 2.24) is 4.98 Å². The van der Waals surface area contributed by atoms with E-state index in [1.165, 1.54) is 16.5 Å². The molecule has 0 aliphatic rings. The molecule has 20 heavy (non-hydrogen) atoms. The molecule has 2 N–H and O–H groups in total. The maximum atomic E-state index is 5.83. The molecule has 0 aliphatic carbocycles. The van der Waals surface area contributed by atoms with Gasteiger partial charge in [-0.2, -0.15) is 0 Å². The van der Waals surface area contributed by atoms with Crippen molar-refractivity contribution in [2.45, 2.75) is 19.4 Å². The predicted octanol–water partition coefficient (Wildman–Crippen LogP) is 3.79. The molecule has 2 heteroatoms. The first kappa shape index (κ1) is 12.8. The van der Waals surface area contributed by atoms with Crippen LogP contribution in [0.3, 0.4) is 0 Å². The summed E-state index contributed by atoms with van der Waals surface area (Å²) < 4.78 is 0. The molecule has 0 saturated carbocycles. The Morgan fingerprint density at radius 1 is 1.00 bits per heavy atom. The standard InChI is InChI=1S/C18H18N2/c1-13(19)10-14-6-8-15(9-7-14)17-11-16-4-2-3-5-18(16)20-12-17/h2-9,11-13H,10,19H2,1H3. The molecule has 2 aromatic carbocycles. The molecule has 3 aromatic rings. The minimum Gasteiger partial charge on any atom is -0.328 e. The summed E-state index contributed by atoms with van der Waals surface area (Å²) >= 11 is 0. The van der Waals surface area contributed by atoms with E-state index in [2.05, 4.69) is 41.4 Å². The third-order valence-electron chi connectivity index (χ3n) is 3.44. The van der Waals surface area contributed by atoms with Gasteiger partial charge in [0.1, 0.15) is 0 Å². The molecule has 0 fully saturated rings. The lowest BCUT2D eigenvalue weighted by Crippen LogP contribution is -2.17. The largest absolute Gasteiger partial charge is 0.328 e. The fraction of sp³-hybridized carbons (Fsp3) is 0.167. The zero-order chi connectivity index (χ0) is 13.9. The van der Waals surface area contributed by atoms with Crippen LogP contribution in [0.1, 0.15) is 12.5 Å². The second-order valence-electron chi connectivity index (χ2n) is 5.30. The van der Waals surface area contributed by atoms with Gasteiger partial charge in [-0.3, -0.25) is 4.98 Å². The molecule has 0 radical (unpaired) electrons. The van der Waals surface area contributed by atoms with Gasteiger partial charge in [0, 0.05) is 23.2 Å². The molecule has 0 amide bonds. The first-order chi connectivity index (χ1) is 9.72. The number of rotatable bonds is 3. The minimum atomic E-state index is 0.197. The Balaban J connectivity index is 1.94. The molecule has 1 heterocycles. The predicted molar refractivity (Wildman–Crippen MR) is 84.5 cm³/mol. The molecule has 100 valence electrons. The van der Waals surface area contributed by atoms with E-state index in [0.717, 1.165) is 17.5 Å². The van der Waals surface area contributed by atoms with E-state index >= 15 is 0 Å². The van der Waals surface area contributed by atoms with Gasteiger partial charge in [-0.05, 0) is 36.6 Å². The van der Waals surface area contributed by atoms with Crippen molar-refractivity contribution in [3.63, 3.8) is 0 Å². The quantitative estimate of drug-likeness (QED) is 0.780. The van der Waals surface area contributed by atoms with Gasteiger partial charge in [0.15, 0.2) is 0 Å². The Bertz CT molecular complexity index is 715. The number of nitrogens with two attached hydrogens (primary N) is 1. The smallest absolute Gasteiger partial charge is 0.0702 e. The van der Waals surface area contributed by atoms with Crippen molar-refractivity contribution in [3.8, 4) is 11.1 Å². The number of pyridine rings is 1. The van der Waals surface area contributed by atoms with Crippen molar-refractivity contribution < 1.29 is 0 Å². The summed E-state index contributed by atoms with van der Waals surface area (Å²) in [5.41, 5.74) is 10.5. The van der Waals surface area contributed by atoms with Crippen molar-refractivity contribution in [1.29, 1.82) is 0 Å². The van der Waals surface area contributed by atoms with Crippen molar-refractivity contribution in [2.75, 3.05) is 0 Å². The van der Waals surface area contributed by atoms with E-state index in [0.29, 0.717) is 0 Å². The van der Waals surface area contributed by atoms with E-state index in [9.17, 15) is 0 Å². The average Bonchev–Trinajstić information content (AvgIpc) is 2.47. The van der Waals surface area contributed by atoms with Crippen LogP contribution in [0.4, 0.5) is 0 Å². The van der Waals surface area contributed by atoms with Gasteiger partial charge < -0.3 is 5.73 Å². The monoisotopic (exact) mass is 262 g/mol. The number of benzene rings is 2. The van der Waals surface area contributed by atoms with Gasteiger partial charge in [-0.15, -0.1) is 0 Å². The fourth-order valence-corrected chi connectivity index (χ4v) is 2.43. The summed E-state index contributed by atoms with van der Waals surface area (Å²) in [6, 6.07) is 19.1. The Hall–Kier alpha value is -2.19. The van der Waals surface area contributed by atoms with Gasteiger partial charge in [-0.1, -0.05) is 42.5 Å². The number of fused-ring (bicyclic) bond motifs is 1. The molecular weight excluding hydrogens is 244 g/mol. The molecular formula is C18H18N2. The third kappa shape index (κ3) is 2.70. The molecule has 1 unspecified atom stereocenters. The SMILES string of the molecule is CC(N)Cc1ccc(-c2cnc3ccccc3c2)cc1. The van der Waals surface area contributed by atoms with Crippen LogP contribution in [-0.2, 0) is 6.42 Å². The highest BCUT2D eigenvalue weighted by Crippen LogP contribution is 2.23. The van der Waals surface area contributed by atoms with E-state index in [1.807, 2.05) is 31.3 Å². The van der Waals surface area contributed by atoms with Gasteiger partial charge >= 0.3 is 0 Å². The zero-order valence-corrected chi connectivity index (χ0v) is 11.6. The van der Waals surface area contributed by atoms with E-state index < -0.39 is 0 Å². The molecule has 0 bridgehead atoms.